The van der Waals surface area contributed by atoms with E-state index in [9.17, 15) is 23.2 Å². The molecule has 9 heteroatoms. The normalized spacial score (nSPS) is 20.3. The zero-order chi connectivity index (χ0) is 22.0. The molecule has 0 N–H and O–H groups in total. The fraction of sp³-hybridized carbons (Fsp3) is 0.591. The predicted molar refractivity (Wildman–Crippen MR) is 109 cm³/mol. The van der Waals surface area contributed by atoms with Crippen molar-refractivity contribution in [3.63, 3.8) is 0 Å². The molecule has 3 heterocycles. The molecule has 0 bridgehead atoms. The SMILES string of the molecule is O=C(c1c(F)cccc1F)N1CCN(C(=O)C2CCN(C(=O)N3CCCC3)CC2)CC1. The molecule has 1 aromatic carbocycles. The standard InChI is InChI=1S/C22H28F2N4O3/c23-17-4-3-5-18(24)19(17)21(30)26-14-12-25(13-15-26)20(29)16-6-10-28(11-7-16)22(31)27-8-1-2-9-27/h3-5,16H,1-2,6-15H2. The molecule has 3 fully saturated rings. The van der Waals surface area contributed by atoms with Crippen molar-refractivity contribution in [1.29, 1.82) is 0 Å². The van der Waals surface area contributed by atoms with Crippen molar-refractivity contribution in [3.05, 3.63) is 35.4 Å². The Morgan fingerprint density at radius 3 is 1.81 bits per heavy atom. The minimum absolute atomic E-state index is 0.0393. The fourth-order valence-corrected chi connectivity index (χ4v) is 4.67. The molecule has 0 aromatic heterocycles. The monoisotopic (exact) mass is 434 g/mol. The van der Waals surface area contributed by atoms with Crippen molar-refractivity contribution in [2.45, 2.75) is 25.7 Å². The number of urea groups is 1. The van der Waals surface area contributed by atoms with Crippen LogP contribution < -0.4 is 0 Å². The molecule has 168 valence electrons. The first-order valence-corrected chi connectivity index (χ1v) is 11.0. The summed E-state index contributed by atoms with van der Waals surface area (Å²) in [7, 11) is 0. The average molecular weight is 434 g/mol. The molecule has 0 aliphatic carbocycles. The minimum atomic E-state index is -0.876. The molecule has 3 aliphatic rings. The second kappa shape index (κ2) is 9.20. The van der Waals surface area contributed by atoms with Crippen LogP contribution >= 0.6 is 0 Å². The van der Waals surface area contributed by atoms with Crippen molar-refractivity contribution in [2.75, 3.05) is 52.4 Å². The Morgan fingerprint density at radius 1 is 0.710 bits per heavy atom. The van der Waals surface area contributed by atoms with Gasteiger partial charge in [-0.3, -0.25) is 9.59 Å². The van der Waals surface area contributed by atoms with E-state index in [0.717, 1.165) is 38.1 Å². The fourth-order valence-electron chi connectivity index (χ4n) is 4.67. The number of likely N-dealkylation sites (tertiary alicyclic amines) is 2. The molecule has 3 aliphatic heterocycles. The van der Waals surface area contributed by atoms with E-state index in [1.807, 2.05) is 9.80 Å². The first-order valence-electron chi connectivity index (χ1n) is 11.0. The molecule has 1 aromatic rings. The molecule has 0 spiro atoms. The summed E-state index contributed by atoms with van der Waals surface area (Å²) in [5.41, 5.74) is -0.544. The highest BCUT2D eigenvalue weighted by molar-refractivity contribution is 5.95. The van der Waals surface area contributed by atoms with E-state index in [2.05, 4.69) is 0 Å². The molecule has 31 heavy (non-hydrogen) atoms. The van der Waals surface area contributed by atoms with Gasteiger partial charge in [-0.2, -0.15) is 0 Å². The molecular formula is C22H28F2N4O3. The second-order valence-corrected chi connectivity index (χ2v) is 8.45. The van der Waals surface area contributed by atoms with Gasteiger partial charge in [0.2, 0.25) is 5.91 Å². The summed E-state index contributed by atoms with van der Waals surface area (Å²) in [4.78, 5) is 44.8. The molecule has 7 nitrogen and oxygen atoms in total. The van der Waals surface area contributed by atoms with E-state index >= 15 is 0 Å². The topological polar surface area (TPSA) is 64.2 Å². The zero-order valence-corrected chi connectivity index (χ0v) is 17.6. The van der Waals surface area contributed by atoms with Gasteiger partial charge in [0.25, 0.3) is 5.91 Å². The smallest absolute Gasteiger partial charge is 0.319 e. The summed E-state index contributed by atoms with van der Waals surface area (Å²) in [6.07, 6.45) is 3.38. The lowest BCUT2D eigenvalue weighted by atomic mass is 9.95. The average Bonchev–Trinajstić information content (AvgIpc) is 3.33. The van der Waals surface area contributed by atoms with E-state index in [0.29, 0.717) is 39.0 Å². The van der Waals surface area contributed by atoms with Gasteiger partial charge in [-0.25, -0.2) is 13.6 Å². The summed E-state index contributed by atoms with van der Waals surface area (Å²) < 4.78 is 27.8. The first-order chi connectivity index (χ1) is 15.0. The number of carbonyl (C=O) groups is 3. The minimum Gasteiger partial charge on any atom is -0.339 e. The largest absolute Gasteiger partial charge is 0.339 e. The second-order valence-electron chi connectivity index (χ2n) is 8.45. The maximum atomic E-state index is 13.9. The predicted octanol–water partition coefficient (Wildman–Crippen LogP) is 2.18. The quantitative estimate of drug-likeness (QED) is 0.717. The number of carbonyl (C=O) groups excluding carboxylic acids is 3. The Labute approximate surface area is 180 Å². The van der Waals surface area contributed by atoms with E-state index in [1.54, 1.807) is 4.90 Å². The van der Waals surface area contributed by atoms with Crippen LogP contribution in [-0.2, 0) is 4.79 Å². The number of amides is 4. The summed E-state index contributed by atoms with van der Waals surface area (Å²) in [6.45, 7) is 3.96. The van der Waals surface area contributed by atoms with Crippen LogP contribution in [0.2, 0.25) is 0 Å². The lowest BCUT2D eigenvalue weighted by molar-refractivity contribution is -0.138. The van der Waals surface area contributed by atoms with Crippen LogP contribution in [0.15, 0.2) is 18.2 Å². The molecule has 0 unspecified atom stereocenters. The Morgan fingerprint density at radius 2 is 1.23 bits per heavy atom. The van der Waals surface area contributed by atoms with Crippen LogP contribution in [0.4, 0.5) is 13.6 Å². The van der Waals surface area contributed by atoms with Gasteiger partial charge in [-0.05, 0) is 37.8 Å². The first kappa shape index (κ1) is 21.5. The van der Waals surface area contributed by atoms with Gasteiger partial charge in [-0.1, -0.05) is 6.07 Å². The van der Waals surface area contributed by atoms with Crippen LogP contribution in [0.3, 0.4) is 0 Å². The Bertz CT molecular complexity index is 823. The van der Waals surface area contributed by atoms with E-state index in [-0.39, 0.29) is 30.9 Å². The number of halogens is 2. The van der Waals surface area contributed by atoms with Crippen LogP contribution in [0.5, 0.6) is 0 Å². The molecule has 0 atom stereocenters. The third-order valence-electron chi connectivity index (χ3n) is 6.55. The van der Waals surface area contributed by atoms with Crippen molar-refractivity contribution < 1.29 is 23.2 Å². The number of piperazine rings is 1. The Hall–Kier alpha value is -2.71. The van der Waals surface area contributed by atoms with Crippen molar-refractivity contribution >= 4 is 17.8 Å². The van der Waals surface area contributed by atoms with Crippen LogP contribution in [0.25, 0.3) is 0 Å². The van der Waals surface area contributed by atoms with Gasteiger partial charge in [0.15, 0.2) is 0 Å². The maximum absolute atomic E-state index is 13.9. The number of hydrogen-bond donors (Lipinski definition) is 0. The van der Waals surface area contributed by atoms with E-state index in [4.69, 9.17) is 0 Å². The highest BCUT2D eigenvalue weighted by Gasteiger charge is 2.34. The van der Waals surface area contributed by atoms with Crippen LogP contribution in [0.1, 0.15) is 36.0 Å². The van der Waals surface area contributed by atoms with Gasteiger partial charge in [0.05, 0.1) is 0 Å². The van der Waals surface area contributed by atoms with Gasteiger partial charge in [0, 0.05) is 58.3 Å². The van der Waals surface area contributed by atoms with Crippen molar-refractivity contribution in [2.24, 2.45) is 5.92 Å². The van der Waals surface area contributed by atoms with Crippen molar-refractivity contribution in [3.8, 4) is 0 Å². The Balaban J connectivity index is 1.27. The third-order valence-corrected chi connectivity index (χ3v) is 6.55. The van der Waals surface area contributed by atoms with E-state index in [1.165, 1.54) is 11.0 Å². The number of benzene rings is 1. The highest BCUT2D eigenvalue weighted by atomic mass is 19.1. The van der Waals surface area contributed by atoms with Gasteiger partial charge < -0.3 is 19.6 Å². The molecule has 0 saturated carbocycles. The summed E-state index contributed by atoms with van der Waals surface area (Å²) >= 11 is 0. The molecule has 4 rings (SSSR count). The Kier molecular flexibility index (Phi) is 6.38. The van der Waals surface area contributed by atoms with Gasteiger partial charge in [0.1, 0.15) is 17.2 Å². The molecular weight excluding hydrogens is 406 g/mol. The lowest BCUT2D eigenvalue weighted by Gasteiger charge is -2.39. The van der Waals surface area contributed by atoms with E-state index < -0.39 is 23.1 Å². The lowest BCUT2D eigenvalue weighted by Crippen LogP contribution is -2.53. The third kappa shape index (κ3) is 4.50. The summed E-state index contributed by atoms with van der Waals surface area (Å²) in [5, 5.41) is 0. The molecule has 3 saturated heterocycles. The number of rotatable bonds is 2. The number of hydrogen-bond acceptors (Lipinski definition) is 3. The number of nitrogens with zero attached hydrogens (tertiary/aromatic N) is 4. The summed E-state index contributed by atoms with van der Waals surface area (Å²) in [6, 6.07) is 3.44. The zero-order valence-electron chi connectivity index (χ0n) is 17.6. The number of piperidine rings is 1. The molecule has 0 radical (unpaired) electrons. The molecule has 4 amide bonds. The highest BCUT2D eigenvalue weighted by Crippen LogP contribution is 2.23. The maximum Gasteiger partial charge on any atom is 0.319 e. The summed E-state index contributed by atoms with van der Waals surface area (Å²) in [5.74, 6) is -2.53. The van der Waals surface area contributed by atoms with Crippen LogP contribution in [-0.4, -0.2) is 89.8 Å². The van der Waals surface area contributed by atoms with Gasteiger partial charge >= 0.3 is 6.03 Å². The van der Waals surface area contributed by atoms with Crippen LogP contribution in [0, 0.1) is 17.6 Å². The van der Waals surface area contributed by atoms with Gasteiger partial charge in [-0.15, -0.1) is 0 Å². The van der Waals surface area contributed by atoms with Crippen molar-refractivity contribution in [1.82, 2.24) is 19.6 Å².